The van der Waals surface area contributed by atoms with E-state index in [1.165, 1.54) is 0 Å². The summed E-state index contributed by atoms with van der Waals surface area (Å²) in [6.07, 6.45) is -3.55. The van der Waals surface area contributed by atoms with E-state index in [1.807, 2.05) is 0 Å². The van der Waals surface area contributed by atoms with Crippen molar-refractivity contribution in [2.45, 2.75) is 17.9 Å². The highest BCUT2D eigenvalue weighted by molar-refractivity contribution is 8.13. The summed E-state index contributed by atoms with van der Waals surface area (Å²) in [4.78, 5) is 8.01. The second-order valence-corrected chi connectivity index (χ2v) is 5.76. The summed E-state index contributed by atoms with van der Waals surface area (Å²) in [6, 6.07) is 0.501. The lowest BCUT2D eigenvalue weighted by Gasteiger charge is -2.12. The Bertz CT molecular complexity index is 636. The third-order valence-corrected chi connectivity index (χ3v) is 3.36. The number of hydrogen-bond donors (Lipinski definition) is 0. The van der Waals surface area contributed by atoms with Crippen LogP contribution in [0.5, 0.6) is 5.75 Å². The number of nitro benzene ring substituents is 1. The highest BCUT2D eigenvalue weighted by Crippen LogP contribution is 2.40. The van der Waals surface area contributed by atoms with Crippen LogP contribution in [0.2, 0.25) is 0 Å². The van der Waals surface area contributed by atoms with E-state index < -0.39 is 48.9 Å². The van der Waals surface area contributed by atoms with Gasteiger partial charge in [0.1, 0.15) is 10.6 Å². The van der Waals surface area contributed by atoms with E-state index in [9.17, 15) is 36.1 Å². The van der Waals surface area contributed by atoms with Gasteiger partial charge in [-0.15, -0.1) is 0 Å². The van der Waals surface area contributed by atoms with E-state index in [1.54, 1.807) is 0 Å². The molecule has 0 atom stereocenters. The van der Waals surface area contributed by atoms with Crippen molar-refractivity contribution in [3.05, 3.63) is 27.8 Å². The molecule has 112 valence electrons. The van der Waals surface area contributed by atoms with Gasteiger partial charge in [0.2, 0.25) is 0 Å². The third-order valence-electron chi connectivity index (χ3n) is 2.00. The number of nitro groups is 1. The minimum Gasteiger partial charge on any atom is -0.434 e. The van der Waals surface area contributed by atoms with Crippen molar-refractivity contribution in [2.24, 2.45) is 0 Å². The van der Waals surface area contributed by atoms with E-state index >= 15 is 0 Å². The van der Waals surface area contributed by atoms with Gasteiger partial charge < -0.3 is 4.74 Å². The monoisotopic (exact) mass is 337 g/mol. The minimum absolute atomic E-state index is 0.238. The van der Waals surface area contributed by atoms with Crippen molar-refractivity contribution >= 4 is 25.4 Å². The molecule has 0 bridgehead atoms. The second kappa shape index (κ2) is 5.79. The van der Waals surface area contributed by atoms with Crippen LogP contribution in [-0.2, 0) is 9.05 Å². The normalized spacial score (nSPS) is 11.9. The molecule has 0 aliphatic heterocycles. The van der Waals surface area contributed by atoms with Crippen LogP contribution in [0.15, 0.2) is 17.0 Å². The zero-order valence-corrected chi connectivity index (χ0v) is 10.7. The van der Waals surface area contributed by atoms with Gasteiger partial charge in [-0.05, 0) is 0 Å². The number of hydrogen-bond acceptors (Lipinski definition) is 5. The molecular weight excluding hydrogens is 334 g/mol. The van der Waals surface area contributed by atoms with Crippen molar-refractivity contribution in [2.75, 3.05) is 0 Å². The molecule has 1 aromatic carbocycles. The molecule has 0 unspecified atom stereocenters. The van der Waals surface area contributed by atoms with Gasteiger partial charge in [0.15, 0.2) is 0 Å². The number of alkyl halides is 4. The first-order valence-electron chi connectivity index (χ1n) is 4.54. The van der Waals surface area contributed by atoms with Crippen molar-refractivity contribution in [3.63, 3.8) is 0 Å². The summed E-state index contributed by atoms with van der Waals surface area (Å²) in [5.41, 5.74) is -2.50. The van der Waals surface area contributed by atoms with Gasteiger partial charge in [0, 0.05) is 16.7 Å². The summed E-state index contributed by atoms with van der Waals surface area (Å²) >= 11 is 0. The lowest BCUT2D eigenvalue weighted by Crippen LogP contribution is -2.09. The first-order valence-corrected chi connectivity index (χ1v) is 6.85. The maximum Gasteiger partial charge on any atom is 0.387 e. The second-order valence-electron chi connectivity index (χ2n) is 3.23. The van der Waals surface area contributed by atoms with Crippen LogP contribution in [0.4, 0.5) is 23.2 Å². The van der Waals surface area contributed by atoms with Crippen molar-refractivity contribution in [3.8, 4) is 5.75 Å². The first-order chi connectivity index (χ1) is 9.04. The van der Waals surface area contributed by atoms with E-state index in [4.69, 9.17) is 10.7 Å². The zero-order valence-electron chi connectivity index (χ0n) is 9.10. The molecule has 0 amide bonds. The van der Waals surface area contributed by atoms with Crippen LogP contribution in [0.25, 0.3) is 0 Å². The Kier molecular flexibility index (Phi) is 4.76. The molecule has 12 heteroatoms. The molecule has 0 saturated carbocycles. The lowest BCUT2D eigenvalue weighted by molar-refractivity contribution is -0.385. The van der Waals surface area contributed by atoms with Gasteiger partial charge >= 0.3 is 6.61 Å². The topological polar surface area (TPSA) is 86.5 Å². The van der Waals surface area contributed by atoms with Crippen molar-refractivity contribution in [1.29, 1.82) is 0 Å². The number of ether oxygens (including phenoxy) is 1. The molecule has 0 aliphatic rings. The van der Waals surface area contributed by atoms with Gasteiger partial charge in [0.05, 0.1) is 16.6 Å². The highest BCUT2D eigenvalue weighted by Gasteiger charge is 2.31. The zero-order chi connectivity index (χ0) is 15.7. The lowest BCUT2D eigenvalue weighted by atomic mass is 10.2. The molecular formula is C8H4ClF4NO5S. The maximum absolute atomic E-state index is 12.8. The molecule has 6 nitrogen and oxygen atoms in total. The van der Waals surface area contributed by atoms with Gasteiger partial charge in [-0.1, -0.05) is 0 Å². The Hall–Kier alpha value is -1.62. The average molecular weight is 338 g/mol. The van der Waals surface area contributed by atoms with Crippen LogP contribution in [0.3, 0.4) is 0 Å². The molecule has 0 saturated heterocycles. The van der Waals surface area contributed by atoms with Crippen LogP contribution in [0.1, 0.15) is 12.0 Å². The fraction of sp³-hybridized carbons (Fsp3) is 0.250. The number of nitrogens with zero attached hydrogens (tertiary/aromatic N) is 1. The fourth-order valence-corrected chi connectivity index (χ4v) is 2.40. The summed E-state index contributed by atoms with van der Waals surface area (Å²) in [5.74, 6) is -1.33. The molecule has 20 heavy (non-hydrogen) atoms. The molecule has 0 aromatic heterocycles. The van der Waals surface area contributed by atoms with Crippen molar-refractivity contribution in [1.82, 2.24) is 0 Å². The summed E-state index contributed by atoms with van der Waals surface area (Å²) in [5, 5.41) is 10.5. The molecule has 0 spiro atoms. The Balaban J connectivity index is 3.71. The third kappa shape index (κ3) is 3.70. The minimum atomic E-state index is -4.83. The molecule has 0 fully saturated rings. The smallest absolute Gasteiger partial charge is 0.387 e. The van der Waals surface area contributed by atoms with Crippen molar-refractivity contribution < 1.29 is 35.6 Å². The highest BCUT2D eigenvalue weighted by atomic mass is 35.7. The Morgan fingerprint density at radius 3 is 2.15 bits per heavy atom. The summed E-state index contributed by atoms with van der Waals surface area (Å²) in [7, 11) is 0.0363. The largest absolute Gasteiger partial charge is 0.434 e. The fourth-order valence-electron chi connectivity index (χ4n) is 1.30. The molecule has 0 aliphatic carbocycles. The van der Waals surface area contributed by atoms with E-state index in [0.717, 1.165) is 0 Å². The Labute approximate surface area is 113 Å². The Morgan fingerprint density at radius 1 is 1.25 bits per heavy atom. The van der Waals surface area contributed by atoms with Crippen LogP contribution in [-0.4, -0.2) is 20.0 Å². The summed E-state index contributed by atoms with van der Waals surface area (Å²) in [6.45, 7) is -3.58. The quantitative estimate of drug-likeness (QED) is 0.357. The van der Waals surface area contributed by atoms with Gasteiger partial charge in [-0.2, -0.15) is 8.78 Å². The van der Waals surface area contributed by atoms with E-state index in [0.29, 0.717) is 0 Å². The SMILES string of the molecule is O=[N+]([O-])c1cc(OC(F)F)c(C(F)F)c(S(=O)(=O)Cl)c1. The van der Waals surface area contributed by atoms with Crippen LogP contribution < -0.4 is 4.74 Å². The molecule has 0 radical (unpaired) electrons. The molecule has 1 rings (SSSR count). The summed E-state index contributed by atoms with van der Waals surface area (Å²) < 4.78 is 75.7. The maximum atomic E-state index is 12.8. The predicted molar refractivity (Wildman–Crippen MR) is 57.7 cm³/mol. The van der Waals surface area contributed by atoms with E-state index in [-0.39, 0.29) is 12.1 Å². The number of non-ortho nitro benzene ring substituents is 1. The molecule has 1 aromatic rings. The van der Waals surface area contributed by atoms with Gasteiger partial charge in [-0.25, -0.2) is 17.2 Å². The van der Waals surface area contributed by atoms with Gasteiger partial charge in [-0.3, -0.25) is 10.1 Å². The number of rotatable bonds is 5. The number of benzene rings is 1. The predicted octanol–water partition coefficient (Wildman–Crippen LogP) is 3.06. The first kappa shape index (κ1) is 16.4. The van der Waals surface area contributed by atoms with Gasteiger partial charge in [0.25, 0.3) is 21.2 Å². The Morgan fingerprint density at radius 2 is 1.80 bits per heavy atom. The number of halogens is 5. The van der Waals surface area contributed by atoms with E-state index in [2.05, 4.69) is 4.74 Å². The standard InChI is InChI=1S/C8H4ClF4NO5S/c9-20(17,18)5-2-3(14(15)16)1-4(19-8(12)13)6(5)7(10)11/h1-2,7-8H. The van der Waals surface area contributed by atoms with Crippen LogP contribution >= 0.6 is 10.7 Å². The molecule has 0 N–H and O–H groups in total. The van der Waals surface area contributed by atoms with Crippen LogP contribution in [0, 0.1) is 10.1 Å². The molecule has 0 heterocycles. The average Bonchev–Trinajstić information content (AvgIpc) is 2.25.